The normalized spacial score (nSPS) is 21.3. The number of carbonyl (C=O) groups is 1. The molecule has 1 aromatic heterocycles. The van der Waals surface area contributed by atoms with Gasteiger partial charge in [-0.2, -0.15) is 0 Å². The van der Waals surface area contributed by atoms with Crippen molar-refractivity contribution in [3.8, 4) is 0 Å². The third-order valence-electron chi connectivity index (χ3n) is 5.67. The molecular weight excluding hydrogens is 393 g/mol. The highest BCUT2D eigenvalue weighted by Crippen LogP contribution is 2.25. The van der Waals surface area contributed by atoms with Gasteiger partial charge in [-0.15, -0.1) is 0 Å². The number of amides is 1. The summed E-state index contributed by atoms with van der Waals surface area (Å²) in [7, 11) is -3.01. The van der Waals surface area contributed by atoms with Crippen LogP contribution in [0.1, 0.15) is 22.3 Å². The summed E-state index contributed by atoms with van der Waals surface area (Å²) >= 11 is 0. The van der Waals surface area contributed by atoms with E-state index < -0.39 is 9.84 Å². The number of sulfone groups is 1. The van der Waals surface area contributed by atoms with Gasteiger partial charge in [0.25, 0.3) is 5.91 Å². The Kier molecular flexibility index (Phi) is 5.54. The van der Waals surface area contributed by atoms with Gasteiger partial charge in [0.15, 0.2) is 9.84 Å². The molecule has 1 unspecified atom stereocenters. The second kappa shape index (κ2) is 8.10. The minimum absolute atomic E-state index is 0.0213. The first-order chi connectivity index (χ1) is 13.9. The van der Waals surface area contributed by atoms with Crippen LogP contribution in [-0.4, -0.2) is 61.9 Å². The van der Waals surface area contributed by atoms with Gasteiger partial charge in [0, 0.05) is 32.4 Å². The Morgan fingerprint density at radius 1 is 1.07 bits per heavy atom. The predicted molar refractivity (Wildman–Crippen MR) is 109 cm³/mol. The third-order valence-corrected chi connectivity index (χ3v) is 7.28. The topological polar surface area (TPSA) is 70.6 Å². The van der Waals surface area contributed by atoms with Gasteiger partial charge in [0.1, 0.15) is 11.6 Å². The highest BCUT2D eigenvalue weighted by atomic mass is 32.2. The number of pyridine rings is 1. The zero-order valence-electron chi connectivity index (χ0n) is 16.1. The minimum Gasteiger partial charge on any atom is -0.356 e. The van der Waals surface area contributed by atoms with E-state index in [4.69, 9.17) is 0 Å². The highest BCUT2D eigenvalue weighted by molar-refractivity contribution is 7.91. The predicted octanol–water partition coefficient (Wildman–Crippen LogP) is 2.16. The number of aromatic nitrogens is 1. The Balaban J connectivity index is 1.34. The molecule has 6 nitrogen and oxygen atoms in total. The van der Waals surface area contributed by atoms with Crippen LogP contribution in [0.5, 0.6) is 0 Å². The molecule has 2 aliphatic heterocycles. The highest BCUT2D eigenvalue weighted by Gasteiger charge is 2.27. The molecule has 0 bridgehead atoms. The molecule has 3 heterocycles. The van der Waals surface area contributed by atoms with Crippen molar-refractivity contribution in [3.05, 3.63) is 59.5 Å². The maximum absolute atomic E-state index is 13.1. The zero-order chi connectivity index (χ0) is 20.4. The summed E-state index contributed by atoms with van der Waals surface area (Å²) in [5.41, 5.74) is 1.62. The Hall–Kier alpha value is -2.48. The molecule has 4 rings (SSSR count). The Labute approximate surface area is 170 Å². The fourth-order valence-electron chi connectivity index (χ4n) is 3.96. The van der Waals surface area contributed by atoms with Gasteiger partial charge >= 0.3 is 0 Å². The van der Waals surface area contributed by atoms with Gasteiger partial charge in [0.05, 0.1) is 17.1 Å². The van der Waals surface area contributed by atoms with Crippen molar-refractivity contribution in [1.29, 1.82) is 0 Å². The lowest BCUT2D eigenvalue weighted by molar-refractivity contribution is 0.0770. The minimum atomic E-state index is -3.01. The third kappa shape index (κ3) is 4.75. The van der Waals surface area contributed by atoms with E-state index in [1.807, 2.05) is 18.2 Å². The van der Waals surface area contributed by atoms with Crippen molar-refractivity contribution in [2.75, 3.05) is 42.6 Å². The molecule has 154 valence electrons. The molecule has 0 spiro atoms. The summed E-state index contributed by atoms with van der Waals surface area (Å²) in [5, 5.41) is 0. The number of nitrogens with zero attached hydrogens (tertiary/aromatic N) is 3. The number of halogens is 1. The van der Waals surface area contributed by atoms with Crippen LogP contribution in [0.25, 0.3) is 0 Å². The number of carbonyl (C=O) groups excluding carboxylic acids is 1. The fourth-order valence-corrected chi connectivity index (χ4v) is 5.16. The van der Waals surface area contributed by atoms with E-state index in [1.54, 1.807) is 17.2 Å². The van der Waals surface area contributed by atoms with Crippen LogP contribution >= 0.6 is 0 Å². The number of benzene rings is 1. The molecule has 29 heavy (non-hydrogen) atoms. The first kappa shape index (κ1) is 19.8. The van der Waals surface area contributed by atoms with Crippen LogP contribution in [0.4, 0.5) is 10.2 Å². The van der Waals surface area contributed by atoms with Crippen LogP contribution in [0.3, 0.4) is 0 Å². The van der Waals surface area contributed by atoms with Crippen molar-refractivity contribution in [2.45, 2.75) is 12.8 Å². The molecule has 2 saturated heterocycles. The first-order valence-electron chi connectivity index (χ1n) is 9.85. The average Bonchev–Trinajstić information content (AvgIpc) is 3.18. The molecule has 1 atom stereocenters. The van der Waals surface area contributed by atoms with Gasteiger partial charge in [-0.05, 0) is 48.6 Å². The standard InChI is InChI=1S/C21H24FN3O3S/c22-19-4-1-16(2-5-19)13-17-7-8-25(15-17)20-6-3-18(14-23-20)21(26)24-9-11-29(27,28)12-10-24/h1-6,14,17H,7-13,15H2. The summed E-state index contributed by atoms with van der Waals surface area (Å²) in [6, 6.07) is 10.3. The van der Waals surface area contributed by atoms with Crippen molar-refractivity contribution < 1.29 is 17.6 Å². The Morgan fingerprint density at radius 2 is 1.79 bits per heavy atom. The molecule has 8 heteroatoms. The molecule has 0 N–H and O–H groups in total. The summed E-state index contributed by atoms with van der Waals surface area (Å²) in [6.45, 7) is 2.25. The van der Waals surface area contributed by atoms with Crippen molar-refractivity contribution in [3.63, 3.8) is 0 Å². The van der Waals surface area contributed by atoms with Gasteiger partial charge in [0.2, 0.25) is 0 Å². The second-order valence-electron chi connectivity index (χ2n) is 7.78. The Bertz CT molecular complexity index is 963. The van der Waals surface area contributed by atoms with Crippen LogP contribution < -0.4 is 4.90 Å². The van der Waals surface area contributed by atoms with Crippen LogP contribution in [-0.2, 0) is 16.3 Å². The largest absolute Gasteiger partial charge is 0.356 e. The summed E-state index contributed by atoms with van der Waals surface area (Å²) < 4.78 is 36.1. The molecule has 0 radical (unpaired) electrons. The van der Waals surface area contributed by atoms with E-state index in [0.717, 1.165) is 37.3 Å². The molecule has 0 aliphatic carbocycles. The maximum atomic E-state index is 13.1. The molecule has 0 saturated carbocycles. The zero-order valence-corrected chi connectivity index (χ0v) is 16.9. The molecule has 2 fully saturated rings. The fraction of sp³-hybridized carbons (Fsp3) is 0.429. The van der Waals surface area contributed by atoms with Crippen molar-refractivity contribution in [2.24, 2.45) is 5.92 Å². The summed E-state index contributed by atoms with van der Waals surface area (Å²) in [5.74, 6) is 0.977. The molecular formula is C21H24FN3O3S. The SMILES string of the molecule is O=C(c1ccc(N2CCC(Cc3ccc(F)cc3)C2)nc1)N1CCS(=O)(=O)CC1. The average molecular weight is 418 g/mol. The molecule has 2 aromatic rings. The van der Waals surface area contributed by atoms with Gasteiger partial charge < -0.3 is 9.80 Å². The van der Waals surface area contributed by atoms with E-state index in [0.29, 0.717) is 11.5 Å². The van der Waals surface area contributed by atoms with Crippen molar-refractivity contribution in [1.82, 2.24) is 9.88 Å². The first-order valence-corrected chi connectivity index (χ1v) is 11.7. The lowest BCUT2D eigenvalue weighted by Gasteiger charge is -2.26. The van der Waals surface area contributed by atoms with Gasteiger partial charge in [-0.3, -0.25) is 4.79 Å². The van der Waals surface area contributed by atoms with Crippen LogP contribution in [0.15, 0.2) is 42.6 Å². The molecule has 1 aromatic carbocycles. The lowest BCUT2D eigenvalue weighted by atomic mass is 9.99. The molecule has 2 aliphatic rings. The van der Waals surface area contributed by atoms with E-state index in [9.17, 15) is 17.6 Å². The van der Waals surface area contributed by atoms with E-state index in [2.05, 4.69) is 9.88 Å². The monoisotopic (exact) mass is 417 g/mol. The van der Waals surface area contributed by atoms with E-state index in [-0.39, 0.29) is 36.3 Å². The quantitative estimate of drug-likeness (QED) is 0.763. The van der Waals surface area contributed by atoms with E-state index in [1.165, 1.54) is 12.1 Å². The number of rotatable bonds is 4. The second-order valence-corrected chi connectivity index (χ2v) is 10.1. The van der Waals surface area contributed by atoms with E-state index >= 15 is 0 Å². The number of hydrogen-bond donors (Lipinski definition) is 0. The van der Waals surface area contributed by atoms with Crippen LogP contribution in [0, 0.1) is 11.7 Å². The van der Waals surface area contributed by atoms with Gasteiger partial charge in [-0.25, -0.2) is 17.8 Å². The lowest BCUT2D eigenvalue weighted by Crippen LogP contribution is -2.43. The van der Waals surface area contributed by atoms with Gasteiger partial charge in [-0.1, -0.05) is 12.1 Å². The maximum Gasteiger partial charge on any atom is 0.255 e. The summed E-state index contributed by atoms with van der Waals surface area (Å²) in [6.07, 6.45) is 3.53. The number of anilines is 1. The number of hydrogen-bond acceptors (Lipinski definition) is 5. The van der Waals surface area contributed by atoms with Crippen LogP contribution in [0.2, 0.25) is 0 Å². The van der Waals surface area contributed by atoms with Crippen molar-refractivity contribution >= 4 is 21.6 Å². The molecule has 1 amide bonds. The summed E-state index contributed by atoms with van der Waals surface area (Å²) in [4.78, 5) is 20.8. The smallest absolute Gasteiger partial charge is 0.255 e. The Morgan fingerprint density at radius 3 is 2.45 bits per heavy atom.